The summed E-state index contributed by atoms with van der Waals surface area (Å²) < 4.78 is 0. The molecule has 6 nitrogen and oxygen atoms in total. The fourth-order valence-corrected chi connectivity index (χ4v) is 1.49. The van der Waals surface area contributed by atoms with Crippen molar-refractivity contribution in [3.05, 3.63) is 24.0 Å². The Morgan fingerprint density at radius 2 is 2.00 bits per heavy atom. The number of nitrogens with one attached hydrogen (secondary N) is 2. The summed E-state index contributed by atoms with van der Waals surface area (Å²) in [6.07, 6.45) is 1.32. The van der Waals surface area contributed by atoms with Crippen LogP contribution in [0.15, 0.2) is 18.3 Å². The average molecular weight is 293 g/mol. The first kappa shape index (κ1) is 16.9. The van der Waals surface area contributed by atoms with Crippen LogP contribution in [0.2, 0.25) is 0 Å². The zero-order valence-corrected chi connectivity index (χ0v) is 12.9. The molecule has 0 spiro atoms. The van der Waals surface area contributed by atoms with Crippen molar-refractivity contribution in [3.8, 4) is 0 Å². The second-order valence-electron chi connectivity index (χ2n) is 6.21. The van der Waals surface area contributed by atoms with E-state index in [1.165, 1.54) is 6.20 Å². The Bertz CT molecular complexity index is 492. The summed E-state index contributed by atoms with van der Waals surface area (Å²) in [7, 11) is 0. The predicted molar refractivity (Wildman–Crippen MR) is 81.2 cm³/mol. The Labute approximate surface area is 125 Å². The van der Waals surface area contributed by atoms with E-state index in [-0.39, 0.29) is 17.9 Å². The fourth-order valence-electron chi connectivity index (χ4n) is 1.49. The van der Waals surface area contributed by atoms with E-state index < -0.39 is 5.97 Å². The number of pyridine rings is 1. The molecule has 0 radical (unpaired) electrons. The van der Waals surface area contributed by atoms with Crippen LogP contribution in [0.25, 0.3) is 0 Å². The highest BCUT2D eigenvalue weighted by molar-refractivity contribution is 5.89. The SMILES string of the molecule is CC(CNC(=O)Nc1ccc(CC(=O)O)nc1)C(C)(C)C. The van der Waals surface area contributed by atoms with Crippen molar-refractivity contribution in [2.24, 2.45) is 11.3 Å². The number of aliphatic carboxylic acids is 1. The summed E-state index contributed by atoms with van der Waals surface area (Å²) in [5, 5.41) is 14.1. The molecular formula is C15H23N3O3. The lowest BCUT2D eigenvalue weighted by Crippen LogP contribution is -2.36. The monoisotopic (exact) mass is 293 g/mol. The number of hydrogen-bond acceptors (Lipinski definition) is 3. The van der Waals surface area contributed by atoms with Crippen molar-refractivity contribution in [2.45, 2.75) is 34.1 Å². The zero-order chi connectivity index (χ0) is 16.0. The quantitative estimate of drug-likeness (QED) is 0.778. The number of hydrogen-bond donors (Lipinski definition) is 3. The molecule has 1 rings (SSSR count). The molecule has 3 N–H and O–H groups in total. The van der Waals surface area contributed by atoms with E-state index in [1.807, 2.05) is 0 Å². The highest BCUT2D eigenvalue weighted by Crippen LogP contribution is 2.24. The number of amides is 2. The van der Waals surface area contributed by atoms with Gasteiger partial charge in [0.2, 0.25) is 0 Å². The lowest BCUT2D eigenvalue weighted by atomic mass is 9.82. The number of carbonyl (C=O) groups excluding carboxylic acids is 1. The summed E-state index contributed by atoms with van der Waals surface area (Å²) >= 11 is 0. The Balaban J connectivity index is 2.46. The minimum absolute atomic E-state index is 0.129. The van der Waals surface area contributed by atoms with Crippen molar-refractivity contribution in [1.29, 1.82) is 0 Å². The Kier molecular flexibility index (Phi) is 5.69. The largest absolute Gasteiger partial charge is 0.481 e. The third-order valence-corrected chi connectivity index (χ3v) is 3.46. The molecule has 6 heteroatoms. The van der Waals surface area contributed by atoms with Crippen molar-refractivity contribution in [1.82, 2.24) is 10.3 Å². The average Bonchev–Trinajstić information content (AvgIpc) is 2.36. The minimum atomic E-state index is -0.933. The van der Waals surface area contributed by atoms with Crippen LogP contribution >= 0.6 is 0 Å². The highest BCUT2D eigenvalue weighted by Gasteiger charge is 2.20. The van der Waals surface area contributed by atoms with E-state index in [9.17, 15) is 9.59 Å². The number of carboxylic acid groups (broad SMARTS) is 1. The second-order valence-corrected chi connectivity index (χ2v) is 6.21. The number of aromatic nitrogens is 1. The van der Waals surface area contributed by atoms with E-state index in [0.717, 1.165) is 0 Å². The molecule has 0 aliphatic rings. The van der Waals surface area contributed by atoms with E-state index in [4.69, 9.17) is 5.11 Å². The lowest BCUT2D eigenvalue weighted by Gasteiger charge is -2.27. The molecule has 0 bridgehead atoms. The van der Waals surface area contributed by atoms with Crippen LogP contribution < -0.4 is 10.6 Å². The van der Waals surface area contributed by atoms with E-state index in [1.54, 1.807) is 12.1 Å². The number of rotatable bonds is 5. The second kappa shape index (κ2) is 7.06. The van der Waals surface area contributed by atoms with Gasteiger partial charge in [-0.2, -0.15) is 0 Å². The standard InChI is InChI=1S/C15H23N3O3/c1-10(15(2,3)4)8-17-14(21)18-12-6-5-11(16-9-12)7-13(19)20/h5-6,9-10H,7-8H2,1-4H3,(H,19,20)(H2,17,18,21). The van der Waals surface area contributed by atoms with E-state index in [0.29, 0.717) is 23.8 Å². The highest BCUT2D eigenvalue weighted by atomic mass is 16.4. The molecular weight excluding hydrogens is 270 g/mol. The first-order valence-corrected chi connectivity index (χ1v) is 6.90. The summed E-state index contributed by atoms with van der Waals surface area (Å²) in [5.41, 5.74) is 1.12. The molecule has 1 atom stereocenters. The van der Waals surface area contributed by atoms with Gasteiger partial charge in [-0.3, -0.25) is 9.78 Å². The Hall–Kier alpha value is -2.11. The topological polar surface area (TPSA) is 91.3 Å². The summed E-state index contributed by atoms with van der Waals surface area (Å²) in [6, 6.07) is 2.93. The van der Waals surface area contributed by atoms with Gasteiger partial charge in [-0.05, 0) is 23.5 Å². The van der Waals surface area contributed by atoms with Gasteiger partial charge < -0.3 is 15.7 Å². The third-order valence-electron chi connectivity index (χ3n) is 3.46. The minimum Gasteiger partial charge on any atom is -0.481 e. The molecule has 0 saturated carbocycles. The zero-order valence-electron chi connectivity index (χ0n) is 12.9. The molecule has 2 amide bonds. The molecule has 0 aliphatic carbocycles. The predicted octanol–water partition coefficient (Wildman–Crippen LogP) is 2.51. The van der Waals surface area contributed by atoms with Crippen molar-refractivity contribution in [3.63, 3.8) is 0 Å². The van der Waals surface area contributed by atoms with Crippen LogP contribution in [-0.4, -0.2) is 28.6 Å². The first-order chi connectivity index (χ1) is 9.68. The number of urea groups is 1. The molecule has 116 valence electrons. The van der Waals surface area contributed by atoms with Crippen LogP contribution in [0.3, 0.4) is 0 Å². The molecule has 1 aromatic rings. The molecule has 0 aromatic carbocycles. The van der Waals surface area contributed by atoms with Crippen LogP contribution in [-0.2, 0) is 11.2 Å². The van der Waals surface area contributed by atoms with Gasteiger partial charge in [-0.1, -0.05) is 27.7 Å². The molecule has 1 aromatic heterocycles. The summed E-state index contributed by atoms with van der Waals surface area (Å²) in [5.74, 6) is -0.587. The van der Waals surface area contributed by atoms with Crippen LogP contribution in [0.5, 0.6) is 0 Å². The maximum Gasteiger partial charge on any atom is 0.319 e. The third kappa shape index (κ3) is 6.25. The van der Waals surface area contributed by atoms with Crippen LogP contribution in [0.1, 0.15) is 33.4 Å². The molecule has 1 unspecified atom stereocenters. The number of anilines is 1. The van der Waals surface area contributed by atoms with Gasteiger partial charge >= 0.3 is 12.0 Å². The number of carboxylic acids is 1. The van der Waals surface area contributed by atoms with Crippen LogP contribution in [0.4, 0.5) is 10.5 Å². The lowest BCUT2D eigenvalue weighted by molar-refractivity contribution is -0.136. The molecule has 0 aliphatic heterocycles. The van der Waals surface area contributed by atoms with Gasteiger partial charge in [-0.25, -0.2) is 4.79 Å². The molecule has 21 heavy (non-hydrogen) atoms. The number of carbonyl (C=O) groups is 2. The summed E-state index contributed by atoms with van der Waals surface area (Å²) in [6.45, 7) is 9.05. The molecule has 1 heterocycles. The molecule has 0 saturated heterocycles. The molecule has 0 fully saturated rings. The normalized spacial score (nSPS) is 12.6. The van der Waals surface area contributed by atoms with Crippen molar-refractivity contribution in [2.75, 3.05) is 11.9 Å². The Morgan fingerprint density at radius 1 is 1.33 bits per heavy atom. The number of nitrogens with zero attached hydrogens (tertiary/aromatic N) is 1. The van der Waals surface area contributed by atoms with Gasteiger partial charge in [-0.15, -0.1) is 0 Å². The van der Waals surface area contributed by atoms with Gasteiger partial charge in [0.15, 0.2) is 0 Å². The van der Waals surface area contributed by atoms with E-state index >= 15 is 0 Å². The van der Waals surface area contributed by atoms with Crippen LogP contribution in [0, 0.1) is 11.3 Å². The Morgan fingerprint density at radius 3 is 2.48 bits per heavy atom. The van der Waals surface area contributed by atoms with Gasteiger partial charge in [0, 0.05) is 6.54 Å². The summed E-state index contributed by atoms with van der Waals surface area (Å²) in [4.78, 5) is 26.3. The fraction of sp³-hybridized carbons (Fsp3) is 0.533. The van der Waals surface area contributed by atoms with Crippen molar-refractivity contribution < 1.29 is 14.7 Å². The maximum absolute atomic E-state index is 11.8. The smallest absolute Gasteiger partial charge is 0.319 e. The first-order valence-electron chi connectivity index (χ1n) is 6.90. The van der Waals surface area contributed by atoms with Gasteiger partial charge in [0.1, 0.15) is 0 Å². The van der Waals surface area contributed by atoms with Gasteiger partial charge in [0.05, 0.1) is 24.0 Å². The van der Waals surface area contributed by atoms with Gasteiger partial charge in [0.25, 0.3) is 0 Å². The van der Waals surface area contributed by atoms with E-state index in [2.05, 4.69) is 43.3 Å². The van der Waals surface area contributed by atoms with Crippen molar-refractivity contribution >= 4 is 17.7 Å². The maximum atomic E-state index is 11.8.